The Morgan fingerprint density at radius 1 is 1.00 bits per heavy atom. The predicted molar refractivity (Wildman–Crippen MR) is 87.6 cm³/mol. The van der Waals surface area contributed by atoms with E-state index in [0.717, 1.165) is 10.3 Å². The summed E-state index contributed by atoms with van der Waals surface area (Å²) in [6.45, 7) is 0.0733. The minimum atomic E-state index is -0.499. The minimum absolute atomic E-state index is 0.0236. The number of hydrogen-bond donors (Lipinski definition) is 3. The molecule has 2 aromatic rings. The third-order valence-corrected chi connectivity index (χ3v) is 3.87. The van der Waals surface area contributed by atoms with Gasteiger partial charge >= 0.3 is 6.03 Å². The number of hydrogen-bond acceptors (Lipinski definition) is 4. The molecule has 2 aromatic carbocycles. The van der Waals surface area contributed by atoms with E-state index in [1.54, 1.807) is 24.3 Å². The quantitative estimate of drug-likeness (QED) is 0.565. The summed E-state index contributed by atoms with van der Waals surface area (Å²) in [4.78, 5) is 37.8. The van der Waals surface area contributed by atoms with Gasteiger partial charge in [0.15, 0.2) is 0 Å². The highest BCUT2D eigenvalue weighted by Crippen LogP contribution is 2.29. The Bertz CT molecular complexity index is 768. The van der Waals surface area contributed by atoms with Gasteiger partial charge in [-0.15, -0.1) is 0 Å². The first kappa shape index (κ1) is 15.9. The lowest BCUT2D eigenvalue weighted by Crippen LogP contribution is -2.49. The van der Waals surface area contributed by atoms with Gasteiger partial charge < -0.3 is 15.7 Å². The Kier molecular flexibility index (Phi) is 4.43. The van der Waals surface area contributed by atoms with Crippen LogP contribution in [0, 0.1) is 0 Å². The number of imide groups is 1. The summed E-state index contributed by atoms with van der Waals surface area (Å²) < 4.78 is 0. The fraction of sp³-hybridized carbons (Fsp3) is 0.235. The molecule has 0 saturated heterocycles. The Hall–Kier alpha value is -2.93. The van der Waals surface area contributed by atoms with Crippen molar-refractivity contribution in [2.45, 2.75) is 6.42 Å². The van der Waals surface area contributed by atoms with Gasteiger partial charge in [-0.05, 0) is 23.9 Å². The van der Waals surface area contributed by atoms with Crippen molar-refractivity contribution in [1.29, 1.82) is 0 Å². The molecule has 3 N–H and O–H groups in total. The molecule has 3 rings (SSSR count). The van der Waals surface area contributed by atoms with E-state index in [4.69, 9.17) is 5.11 Å². The van der Waals surface area contributed by atoms with Crippen molar-refractivity contribution in [3.05, 3.63) is 47.5 Å². The van der Waals surface area contributed by atoms with Gasteiger partial charge in [0.1, 0.15) is 6.67 Å². The summed E-state index contributed by atoms with van der Waals surface area (Å²) in [6.07, 6.45) is 0.435. The number of carbonyl (C=O) groups excluding carboxylic acids is 3. The summed E-state index contributed by atoms with van der Waals surface area (Å²) in [7, 11) is 0. The highest BCUT2D eigenvalue weighted by Gasteiger charge is 2.32. The fourth-order valence-electron chi connectivity index (χ4n) is 2.72. The monoisotopic (exact) mass is 327 g/mol. The third-order valence-electron chi connectivity index (χ3n) is 3.87. The fourth-order valence-corrected chi connectivity index (χ4v) is 2.72. The van der Waals surface area contributed by atoms with Gasteiger partial charge in [0.2, 0.25) is 0 Å². The van der Waals surface area contributed by atoms with Crippen molar-refractivity contribution in [2.24, 2.45) is 0 Å². The number of aliphatic hydroxyl groups is 1. The maximum absolute atomic E-state index is 12.6. The number of benzene rings is 2. The van der Waals surface area contributed by atoms with Crippen LogP contribution >= 0.6 is 0 Å². The maximum atomic E-state index is 12.6. The van der Waals surface area contributed by atoms with Crippen molar-refractivity contribution in [3.8, 4) is 0 Å². The molecule has 24 heavy (non-hydrogen) atoms. The van der Waals surface area contributed by atoms with E-state index in [1.807, 2.05) is 12.1 Å². The van der Waals surface area contributed by atoms with Gasteiger partial charge in [0.05, 0.1) is 0 Å². The van der Waals surface area contributed by atoms with Crippen LogP contribution in [-0.4, -0.2) is 47.7 Å². The minimum Gasteiger partial charge on any atom is -0.396 e. The summed E-state index contributed by atoms with van der Waals surface area (Å²) in [5, 5.41) is 15.2. The van der Waals surface area contributed by atoms with E-state index < -0.39 is 17.8 Å². The molecule has 4 amide bonds. The van der Waals surface area contributed by atoms with Crippen molar-refractivity contribution in [1.82, 2.24) is 15.5 Å². The Labute approximate surface area is 138 Å². The van der Waals surface area contributed by atoms with E-state index >= 15 is 0 Å². The van der Waals surface area contributed by atoms with Crippen LogP contribution in [0.5, 0.6) is 0 Å². The zero-order valence-electron chi connectivity index (χ0n) is 12.9. The molecule has 7 heteroatoms. The molecule has 0 fully saturated rings. The number of amides is 4. The van der Waals surface area contributed by atoms with Crippen molar-refractivity contribution in [2.75, 3.05) is 19.8 Å². The van der Waals surface area contributed by atoms with Gasteiger partial charge in [-0.1, -0.05) is 24.3 Å². The molecule has 0 spiro atoms. The number of rotatable bonds is 5. The SMILES string of the molecule is O=C(NCCCO)NCN1C(=O)c2cccc3cccc(c23)C1=O. The average Bonchev–Trinajstić information content (AvgIpc) is 2.59. The van der Waals surface area contributed by atoms with Crippen molar-refractivity contribution >= 4 is 28.6 Å². The number of carbonyl (C=O) groups is 3. The van der Waals surface area contributed by atoms with E-state index in [-0.39, 0.29) is 13.3 Å². The number of urea groups is 1. The van der Waals surface area contributed by atoms with Gasteiger partial charge in [-0.3, -0.25) is 14.5 Å². The van der Waals surface area contributed by atoms with Crippen LogP contribution in [0.2, 0.25) is 0 Å². The van der Waals surface area contributed by atoms with E-state index in [9.17, 15) is 14.4 Å². The standard InChI is InChI=1S/C17H17N3O4/c21-9-3-8-18-17(24)19-10-20-15(22)12-6-1-4-11-5-2-7-13(14(11)12)16(20)23/h1-2,4-7,21H,3,8-10H2,(H2,18,19,24). The highest BCUT2D eigenvalue weighted by atomic mass is 16.3. The van der Waals surface area contributed by atoms with Crippen molar-refractivity contribution in [3.63, 3.8) is 0 Å². The van der Waals surface area contributed by atoms with Gasteiger partial charge in [-0.25, -0.2) is 4.79 Å². The van der Waals surface area contributed by atoms with Gasteiger partial charge in [0, 0.05) is 29.7 Å². The molecule has 0 unspecified atom stereocenters. The zero-order chi connectivity index (χ0) is 17.1. The second-order valence-electron chi connectivity index (χ2n) is 5.42. The summed E-state index contributed by atoms with van der Waals surface area (Å²) in [5.74, 6) is -0.861. The first-order valence-corrected chi connectivity index (χ1v) is 7.64. The molecule has 0 bridgehead atoms. The molecule has 0 aliphatic carbocycles. The van der Waals surface area contributed by atoms with E-state index in [1.165, 1.54) is 0 Å². The smallest absolute Gasteiger partial charge is 0.316 e. The maximum Gasteiger partial charge on any atom is 0.316 e. The topological polar surface area (TPSA) is 98.7 Å². The number of nitrogens with zero attached hydrogens (tertiary/aromatic N) is 1. The molecule has 1 aliphatic heterocycles. The molecular weight excluding hydrogens is 310 g/mol. The first-order valence-electron chi connectivity index (χ1n) is 7.64. The Morgan fingerprint density at radius 2 is 1.62 bits per heavy atom. The van der Waals surface area contributed by atoms with Crippen LogP contribution in [0.1, 0.15) is 27.1 Å². The summed E-state index contributed by atoms with van der Waals surface area (Å²) in [6, 6.07) is 10.1. The van der Waals surface area contributed by atoms with E-state index in [0.29, 0.717) is 29.5 Å². The lowest BCUT2D eigenvalue weighted by molar-refractivity contribution is 0.0603. The van der Waals surface area contributed by atoms with Crippen LogP contribution < -0.4 is 10.6 Å². The summed E-state index contributed by atoms with van der Waals surface area (Å²) >= 11 is 0. The lowest BCUT2D eigenvalue weighted by atomic mass is 9.94. The molecule has 0 aromatic heterocycles. The zero-order valence-corrected chi connectivity index (χ0v) is 12.9. The molecule has 1 aliphatic rings. The Balaban J connectivity index is 1.79. The number of nitrogens with one attached hydrogen (secondary N) is 2. The van der Waals surface area contributed by atoms with Crippen LogP contribution in [0.15, 0.2) is 36.4 Å². The van der Waals surface area contributed by atoms with Crippen LogP contribution in [0.25, 0.3) is 10.8 Å². The second kappa shape index (κ2) is 6.67. The Morgan fingerprint density at radius 3 is 2.21 bits per heavy atom. The molecule has 7 nitrogen and oxygen atoms in total. The lowest BCUT2D eigenvalue weighted by Gasteiger charge is -2.27. The van der Waals surface area contributed by atoms with Crippen LogP contribution in [0.3, 0.4) is 0 Å². The molecule has 1 heterocycles. The second-order valence-corrected chi connectivity index (χ2v) is 5.42. The highest BCUT2D eigenvalue weighted by molar-refractivity contribution is 6.25. The average molecular weight is 327 g/mol. The summed E-state index contributed by atoms with van der Waals surface area (Å²) in [5.41, 5.74) is 0.898. The van der Waals surface area contributed by atoms with Crippen molar-refractivity contribution < 1.29 is 19.5 Å². The molecule has 0 radical (unpaired) electrons. The predicted octanol–water partition coefficient (Wildman–Crippen LogP) is 1.07. The third kappa shape index (κ3) is 2.81. The molecule has 124 valence electrons. The molecule has 0 atom stereocenters. The largest absolute Gasteiger partial charge is 0.396 e. The number of aliphatic hydroxyl groups excluding tert-OH is 1. The van der Waals surface area contributed by atoms with Gasteiger partial charge in [-0.2, -0.15) is 0 Å². The normalized spacial score (nSPS) is 13.3. The van der Waals surface area contributed by atoms with Crippen LogP contribution in [-0.2, 0) is 0 Å². The molecular formula is C17H17N3O4. The van der Waals surface area contributed by atoms with E-state index in [2.05, 4.69) is 10.6 Å². The first-order chi connectivity index (χ1) is 11.6. The molecule has 0 saturated carbocycles. The van der Waals surface area contributed by atoms with Gasteiger partial charge in [0.25, 0.3) is 11.8 Å². The van der Waals surface area contributed by atoms with Crippen LogP contribution in [0.4, 0.5) is 4.79 Å².